The molecule has 0 aromatic heterocycles. The Hall–Kier alpha value is -1.36. The van der Waals surface area contributed by atoms with Gasteiger partial charge in [0.05, 0.1) is 0 Å². The van der Waals surface area contributed by atoms with Gasteiger partial charge < -0.3 is 15.2 Å². The van der Waals surface area contributed by atoms with E-state index in [9.17, 15) is 8.78 Å². The van der Waals surface area contributed by atoms with Gasteiger partial charge >= 0.3 is 0 Å². The van der Waals surface area contributed by atoms with Gasteiger partial charge in [-0.15, -0.1) is 0 Å². The Labute approximate surface area is 98.5 Å². The second kappa shape index (κ2) is 4.87. The lowest BCUT2D eigenvalue weighted by molar-refractivity contribution is 0.146. The molecule has 1 aromatic carbocycles. The number of hydrogen-bond donors (Lipinski definition) is 1. The molecule has 2 rings (SSSR count). The minimum absolute atomic E-state index is 0.0510. The third kappa shape index (κ3) is 2.66. The predicted octanol–water partition coefficient (Wildman–Crippen LogP) is 2.29. The van der Waals surface area contributed by atoms with Crippen molar-refractivity contribution in [2.24, 2.45) is 5.73 Å². The molecule has 1 aromatic rings. The third-order valence-electron chi connectivity index (χ3n) is 2.54. The van der Waals surface area contributed by atoms with Gasteiger partial charge in [-0.1, -0.05) is 0 Å². The van der Waals surface area contributed by atoms with E-state index in [2.05, 4.69) is 0 Å². The van der Waals surface area contributed by atoms with Gasteiger partial charge in [-0.05, 0) is 25.5 Å². The van der Waals surface area contributed by atoms with Crippen LogP contribution in [0.2, 0.25) is 0 Å². The fourth-order valence-corrected chi connectivity index (χ4v) is 1.87. The highest BCUT2D eigenvalue weighted by molar-refractivity contribution is 5.51. The maximum absolute atomic E-state index is 12.7. The highest BCUT2D eigenvalue weighted by Crippen LogP contribution is 2.38. The van der Waals surface area contributed by atoms with Crippen molar-refractivity contribution >= 4 is 0 Å². The zero-order valence-electron chi connectivity index (χ0n) is 9.58. The summed E-state index contributed by atoms with van der Waals surface area (Å²) in [5.74, 6) is 0.947. The molecular weight excluding hydrogens is 228 g/mol. The van der Waals surface area contributed by atoms with E-state index in [1.807, 2.05) is 6.92 Å². The smallest absolute Gasteiger partial charge is 0.263 e. The summed E-state index contributed by atoms with van der Waals surface area (Å²) >= 11 is 0. The Kier molecular flexibility index (Phi) is 3.47. The standard InChI is InChI=1S/C12H15F2NO2/c1-7(15)4-8-5-9(12(13)14)6-10-11(8)17-3-2-16-10/h5-7,12H,2-4,15H2,1H3. The highest BCUT2D eigenvalue weighted by Gasteiger charge is 2.21. The largest absolute Gasteiger partial charge is 0.486 e. The van der Waals surface area contributed by atoms with Crippen molar-refractivity contribution in [2.45, 2.75) is 25.8 Å². The van der Waals surface area contributed by atoms with Crippen molar-refractivity contribution in [1.29, 1.82) is 0 Å². The van der Waals surface area contributed by atoms with Crippen molar-refractivity contribution in [3.05, 3.63) is 23.3 Å². The molecule has 1 aliphatic rings. The maximum Gasteiger partial charge on any atom is 0.263 e. The van der Waals surface area contributed by atoms with E-state index in [-0.39, 0.29) is 11.6 Å². The summed E-state index contributed by atoms with van der Waals surface area (Å²) < 4.78 is 36.3. The van der Waals surface area contributed by atoms with Crippen molar-refractivity contribution in [3.63, 3.8) is 0 Å². The Morgan fingerprint density at radius 1 is 1.29 bits per heavy atom. The number of alkyl halides is 2. The number of rotatable bonds is 3. The number of ether oxygens (including phenoxy) is 2. The summed E-state index contributed by atoms with van der Waals surface area (Å²) in [5, 5.41) is 0. The van der Waals surface area contributed by atoms with Crippen LogP contribution in [0.3, 0.4) is 0 Å². The van der Waals surface area contributed by atoms with Gasteiger partial charge in [-0.3, -0.25) is 0 Å². The minimum atomic E-state index is -2.52. The number of fused-ring (bicyclic) bond motifs is 1. The predicted molar refractivity (Wildman–Crippen MR) is 59.7 cm³/mol. The normalized spacial score (nSPS) is 16.1. The van der Waals surface area contributed by atoms with Gasteiger partial charge in [0.15, 0.2) is 11.5 Å². The molecule has 2 N–H and O–H groups in total. The summed E-state index contributed by atoms with van der Waals surface area (Å²) in [6.07, 6.45) is -2.02. The quantitative estimate of drug-likeness (QED) is 0.885. The molecule has 0 aliphatic carbocycles. The maximum atomic E-state index is 12.7. The van der Waals surface area contributed by atoms with Crippen LogP contribution in [0.4, 0.5) is 8.78 Å². The molecule has 1 unspecified atom stereocenters. The van der Waals surface area contributed by atoms with Crippen LogP contribution < -0.4 is 15.2 Å². The lowest BCUT2D eigenvalue weighted by Gasteiger charge is -2.23. The molecule has 94 valence electrons. The van der Waals surface area contributed by atoms with Crippen molar-refractivity contribution in [3.8, 4) is 11.5 Å². The first-order valence-electron chi connectivity index (χ1n) is 5.54. The molecular formula is C12H15F2NO2. The zero-order chi connectivity index (χ0) is 12.4. The van der Waals surface area contributed by atoms with E-state index in [4.69, 9.17) is 15.2 Å². The molecule has 3 nitrogen and oxygen atoms in total. The molecule has 0 fully saturated rings. The Morgan fingerprint density at radius 2 is 2.00 bits per heavy atom. The summed E-state index contributed by atoms with van der Waals surface area (Å²) in [6, 6.07) is 2.67. The Balaban J connectivity index is 2.42. The summed E-state index contributed by atoms with van der Waals surface area (Å²) in [4.78, 5) is 0. The molecule has 0 bridgehead atoms. The highest BCUT2D eigenvalue weighted by atomic mass is 19.3. The lowest BCUT2D eigenvalue weighted by atomic mass is 10.0. The van der Waals surface area contributed by atoms with Crippen LogP contribution in [0.25, 0.3) is 0 Å². The summed E-state index contributed by atoms with van der Waals surface area (Å²) in [6.45, 7) is 2.65. The topological polar surface area (TPSA) is 44.5 Å². The first-order valence-corrected chi connectivity index (χ1v) is 5.54. The van der Waals surface area contributed by atoms with E-state index in [1.54, 1.807) is 0 Å². The molecule has 1 heterocycles. The van der Waals surface area contributed by atoms with E-state index in [0.29, 0.717) is 36.7 Å². The van der Waals surface area contributed by atoms with Crippen LogP contribution in [-0.2, 0) is 6.42 Å². The van der Waals surface area contributed by atoms with Gasteiger partial charge in [0.2, 0.25) is 0 Å². The van der Waals surface area contributed by atoms with Crippen LogP contribution in [0.5, 0.6) is 11.5 Å². The lowest BCUT2D eigenvalue weighted by Crippen LogP contribution is -2.21. The van der Waals surface area contributed by atoms with Crippen molar-refractivity contribution in [2.75, 3.05) is 13.2 Å². The molecule has 5 heteroatoms. The van der Waals surface area contributed by atoms with Gasteiger partial charge in [0.25, 0.3) is 6.43 Å². The van der Waals surface area contributed by atoms with E-state index >= 15 is 0 Å². The van der Waals surface area contributed by atoms with Crippen LogP contribution in [0, 0.1) is 0 Å². The van der Waals surface area contributed by atoms with E-state index in [1.165, 1.54) is 12.1 Å². The molecule has 0 spiro atoms. The average Bonchev–Trinajstić information content (AvgIpc) is 2.28. The fourth-order valence-electron chi connectivity index (χ4n) is 1.87. The van der Waals surface area contributed by atoms with Crippen LogP contribution in [0.1, 0.15) is 24.5 Å². The number of nitrogens with two attached hydrogens (primary N) is 1. The first kappa shape index (κ1) is 12.1. The van der Waals surface area contributed by atoms with Gasteiger partial charge in [-0.2, -0.15) is 0 Å². The zero-order valence-corrected chi connectivity index (χ0v) is 9.58. The summed E-state index contributed by atoms with van der Waals surface area (Å²) in [7, 11) is 0. The molecule has 0 saturated carbocycles. The average molecular weight is 243 g/mol. The SMILES string of the molecule is CC(N)Cc1cc(C(F)F)cc2c1OCCO2. The summed E-state index contributed by atoms with van der Waals surface area (Å²) in [5.41, 5.74) is 6.34. The molecule has 0 radical (unpaired) electrons. The first-order chi connectivity index (χ1) is 8.08. The van der Waals surface area contributed by atoms with Crippen LogP contribution in [0.15, 0.2) is 12.1 Å². The molecule has 1 aliphatic heterocycles. The van der Waals surface area contributed by atoms with Gasteiger partial charge in [0.1, 0.15) is 13.2 Å². The number of benzene rings is 1. The molecule has 1 atom stereocenters. The number of halogens is 2. The molecule has 17 heavy (non-hydrogen) atoms. The van der Waals surface area contributed by atoms with Gasteiger partial charge in [-0.25, -0.2) is 8.78 Å². The fraction of sp³-hybridized carbons (Fsp3) is 0.500. The third-order valence-corrected chi connectivity index (χ3v) is 2.54. The van der Waals surface area contributed by atoms with E-state index < -0.39 is 6.43 Å². The second-order valence-electron chi connectivity index (χ2n) is 4.19. The Morgan fingerprint density at radius 3 is 2.65 bits per heavy atom. The Bertz CT molecular complexity index is 408. The van der Waals surface area contributed by atoms with E-state index in [0.717, 1.165) is 0 Å². The minimum Gasteiger partial charge on any atom is -0.486 e. The molecule has 0 saturated heterocycles. The second-order valence-corrected chi connectivity index (χ2v) is 4.19. The van der Waals surface area contributed by atoms with Crippen LogP contribution in [-0.4, -0.2) is 19.3 Å². The molecule has 0 amide bonds. The monoisotopic (exact) mass is 243 g/mol. The van der Waals surface area contributed by atoms with Crippen LogP contribution >= 0.6 is 0 Å². The van der Waals surface area contributed by atoms with Gasteiger partial charge in [0, 0.05) is 17.2 Å². The number of hydrogen-bond acceptors (Lipinski definition) is 3. The van der Waals surface area contributed by atoms with Crippen molar-refractivity contribution < 1.29 is 18.3 Å². The van der Waals surface area contributed by atoms with Crippen molar-refractivity contribution in [1.82, 2.24) is 0 Å².